The number of fused-ring (bicyclic) bond motifs is 1. The van der Waals surface area contributed by atoms with Crippen molar-refractivity contribution in [1.29, 1.82) is 0 Å². The number of benzene rings is 2. The van der Waals surface area contributed by atoms with Gasteiger partial charge >= 0.3 is 0 Å². The van der Waals surface area contributed by atoms with Gasteiger partial charge in [-0.05, 0) is 74.1 Å². The van der Waals surface area contributed by atoms with Crippen LogP contribution < -0.4 is 26.5 Å². The van der Waals surface area contributed by atoms with Crippen LogP contribution in [0, 0.1) is 0 Å². The van der Waals surface area contributed by atoms with Gasteiger partial charge in [-0.25, -0.2) is 5.01 Å². The van der Waals surface area contributed by atoms with E-state index in [9.17, 15) is 9.59 Å². The number of carbonyl (C=O) groups excluding carboxylic acids is 2. The molecule has 1 aliphatic carbocycles. The number of pyridine rings is 1. The number of allylic oxidation sites excluding steroid dienone is 1. The van der Waals surface area contributed by atoms with Crippen molar-refractivity contribution in [3.63, 3.8) is 0 Å². The predicted molar refractivity (Wildman–Crippen MR) is 164 cm³/mol. The maximum absolute atomic E-state index is 13.2. The van der Waals surface area contributed by atoms with Crippen LogP contribution in [-0.4, -0.2) is 29.6 Å². The number of ether oxygens (including phenoxy) is 1. The fraction of sp³-hybridized carbons (Fsp3) is 0.290. The number of halogens is 1. The number of hydrogen-bond donors (Lipinski definition) is 3. The number of aromatic nitrogens is 1. The lowest BCUT2D eigenvalue weighted by atomic mass is 9.89. The van der Waals surface area contributed by atoms with Crippen LogP contribution in [0.25, 0.3) is 5.70 Å². The van der Waals surface area contributed by atoms with Gasteiger partial charge in [0.05, 0.1) is 34.8 Å². The summed E-state index contributed by atoms with van der Waals surface area (Å²) < 4.78 is 5.70. The number of rotatable bonds is 10. The van der Waals surface area contributed by atoms with Crippen LogP contribution in [0.3, 0.4) is 0 Å². The first-order valence-electron chi connectivity index (χ1n) is 13.5. The lowest BCUT2D eigenvalue weighted by Gasteiger charge is -2.30. The van der Waals surface area contributed by atoms with Crippen LogP contribution >= 0.6 is 11.6 Å². The predicted octanol–water partition coefficient (Wildman–Crippen LogP) is 5.45. The lowest BCUT2D eigenvalue weighted by Crippen LogP contribution is -2.27. The molecular weight excluding hydrogens is 540 g/mol. The largest absolute Gasteiger partial charge is 0.496 e. The van der Waals surface area contributed by atoms with Crippen molar-refractivity contribution in [3.05, 3.63) is 87.2 Å². The molecule has 0 radical (unpaired) electrons. The smallest absolute Gasteiger partial charge is 0.264 e. The number of carbonyl (C=O) groups is 2. The van der Waals surface area contributed by atoms with Gasteiger partial charge in [-0.1, -0.05) is 37.1 Å². The highest BCUT2D eigenvalue weighted by atomic mass is 35.5. The van der Waals surface area contributed by atoms with Gasteiger partial charge < -0.3 is 21.5 Å². The standard InChI is InChI=1S/C31H35ClN6O3/c1-5-6-21-10-12-24(15-28(21)41-4)38(37-19(3)30(34)39)29-18(2)7-8-20-9-11-22(13-25(20)29)36-31(40)26-14-23(16-33)35-17-27(26)32/h9-15,17H,5-8,16,33H2,1-4H3,(H2,34,39)(H,36,40)/b37-19+. The van der Waals surface area contributed by atoms with Crippen LogP contribution in [0.5, 0.6) is 5.75 Å². The summed E-state index contributed by atoms with van der Waals surface area (Å²) in [5.41, 5.74) is 18.5. The van der Waals surface area contributed by atoms with Crippen LogP contribution in [0.15, 0.2) is 59.3 Å². The molecule has 2 aromatic carbocycles. The van der Waals surface area contributed by atoms with Gasteiger partial charge in [0.25, 0.3) is 11.8 Å². The van der Waals surface area contributed by atoms with Crippen molar-refractivity contribution in [2.45, 2.75) is 53.0 Å². The number of nitrogens with zero attached hydrogens (tertiary/aromatic N) is 3. The minimum Gasteiger partial charge on any atom is -0.496 e. The van der Waals surface area contributed by atoms with Gasteiger partial charge in [0, 0.05) is 30.1 Å². The molecule has 0 unspecified atom stereocenters. The summed E-state index contributed by atoms with van der Waals surface area (Å²) in [6.45, 7) is 5.93. The number of hydrogen-bond acceptors (Lipinski definition) is 7. The molecule has 0 fully saturated rings. The van der Waals surface area contributed by atoms with E-state index in [0.717, 1.165) is 65.1 Å². The van der Waals surface area contributed by atoms with Crippen molar-refractivity contribution < 1.29 is 14.3 Å². The number of methoxy groups -OCH3 is 1. The molecule has 5 N–H and O–H groups in total. The highest BCUT2D eigenvalue weighted by Gasteiger charge is 2.25. The summed E-state index contributed by atoms with van der Waals surface area (Å²) in [4.78, 5) is 29.4. The molecule has 0 spiro atoms. The fourth-order valence-corrected chi connectivity index (χ4v) is 4.99. The van der Waals surface area contributed by atoms with E-state index in [0.29, 0.717) is 11.4 Å². The first-order chi connectivity index (χ1) is 19.7. The normalized spacial score (nSPS) is 13.1. The Morgan fingerprint density at radius 2 is 1.95 bits per heavy atom. The molecule has 0 atom stereocenters. The average Bonchev–Trinajstić information content (AvgIpc) is 2.96. The average molecular weight is 575 g/mol. The molecule has 4 rings (SSSR count). The first-order valence-corrected chi connectivity index (χ1v) is 13.9. The molecule has 0 bridgehead atoms. The number of aryl methyl sites for hydroxylation is 2. The number of primary amides is 1. The molecular formula is C31H35ClN6O3. The van der Waals surface area contributed by atoms with E-state index in [-0.39, 0.29) is 28.7 Å². The van der Waals surface area contributed by atoms with E-state index in [1.165, 1.54) is 6.20 Å². The van der Waals surface area contributed by atoms with Gasteiger partial charge in [-0.3, -0.25) is 14.6 Å². The Balaban J connectivity index is 1.80. The zero-order valence-corrected chi connectivity index (χ0v) is 24.5. The van der Waals surface area contributed by atoms with Gasteiger partial charge in [-0.2, -0.15) is 5.10 Å². The molecule has 1 heterocycles. The topological polar surface area (TPSA) is 136 Å². The number of anilines is 2. The minimum atomic E-state index is -0.619. The molecule has 0 aliphatic heterocycles. The maximum atomic E-state index is 13.2. The van der Waals surface area contributed by atoms with Gasteiger partial charge in [0.2, 0.25) is 0 Å². The Labute approximate surface area is 245 Å². The van der Waals surface area contributed by atoms with E-state index in [1.54, 1.807) is 25.1 Å². The number of nitrogens with one attached hydrogen (secondary N) is 1. The molecule has 2 amide bonds. The zero-order chi connectivity index (χ0) is 29.7. The third kappa shape index (κ3) is 6.58. The number of hydrazone groups is 1. The number of nitrogens with two attached hydrogens (primary N) is 2. The molecule has 1 aromatic heterocycles. The molecule has 9 nitrogen and oxygen atoms in total. The van der Waals surface area contributed by atoms with Gasteiger partial charge in [0.1, 0.15) is 11.5 Å². The van der Waals surface area contributed by atoms with E-state index in [1.807, 2.05) is 43.3 Å². The second-order valence-electron chi connectivity index (χ2n) is 9.92. The summed E-state index contributed by atoms with van der Waals surface area (Å²) in [5, 5.41) is 9.60. The highest BCUT2D eigenvalue weighted by molar-refractivity contribution is 6.37. The van der Waals surface area contributed by atoms with Gasteiger partial charge in [-0.15, -0.1) is 0 Å². The van der Waals surface area contributed by atoms with Crippen molar-refractivity contribution in [2.75, 3.05) is 17.4 Å². The Morgan fingerprint density at radius 3 is 2.63 bits per heavy atom. The van der Waals surface area contributed by atoms with Crippen molar-refractivity contribution in [1.82, 2.24) is 4.98 Å². The zero-order valence-electron chi connectivity index (χ0n) is 23.8. The SMILES string of the molecule is CCCc1ccc(N(/N=C(\C)C(N)=O)C2=C(C)CCc3ccc(NC(=O)c4cc(CN)ncc4Cl)cc32)cc1OC. The second-order valence-corrected chi connectivity index (χ2v) is 10.3. The molecule has 1 aliphatic rings. The van der Waals surface area contributed by atoms with E-state index in [2.05, 4.69) is 22.3 Å². The second kappa shape index (κ2) is 13.0. The summed E-state index contributed by atoms with van der Waals surface area (Å²) >= 11 is 6.27. The van der Waals surface area contributed by atoms with Crippen LogP contribution in [0.4, 0.5) is 11.4 Å². The van der Waals surface area contributed by atoms with Crippen molar-refractivity contribution in [2.24, 2.45) is 16.6 Å². The molecule has 41 heavy (non-hydrogen) atoms. The Bertz CT molecular complexity index is 1550. The molecule has 3 aromatic rings. The van der Waals surface area contributed by atoms with Crippen LogP contribution in [-0.2, 0) is 24.2 Å². The third-order valence-electron chi connectivity index (χ3n) is 7.02. The summed E-state index contributed by atoms with van der Waals surface area (Å²) in [6, 6.07) is 13.3. The molecule has 10 heteroatoms. The van der Waals surface area contributed by atoms with Crippen LogP contribution in [0.2, 0.25) is 5.02 Å². The molecule has 0 saturated carbocycles. The fourth-order valence-electron chi connectivity index (χ4n) is 4.80. The molecule has 214 valence electrons. The number of amides is 2. The first kappa shape index (κ1) is 29.8. The van der Waals surface area contributed by atoms with Gasteiger partial charge in [0.15, 0.2) is 0 Å². The van der Waals surface area contributed by atoms with E-state index >= 15 is 0 Å². The lowest BCUT2D eigenvalue weighted by molar-refractivity contribution is -0.112. The highest BCUT2D eigenvalue weighted by Crippen LogP contribution is 2.39. The quantitative estimate of drug-likeness (QED) is 0.217. The van der Waals surface area contributed by atoms with Crippen molar-refractivity contribution in [3.8, 4) is 5.75 Å². The Hall–Kier alpha value is -4.21. The summed E-state index contributed by atoms with van der Waals surface area (Å²) in [7, 11) is 1.64. The summed E-state index contributed by atoms with van der Waals surface area (Å²) in [5.74, 6) is -0.255. The van der Waals surface area contributed by atoms with E-state index in [4.69, 9.17) is 27.8 Å². The summed E-state index contributed by atoms with van der Waals surface area (Å²) in [6.07, 6.45) is 4.89. The monoisotopic (exact) mass is 574 g/mol. The van der Waals surface area contributed by atoms with E-state index < -0.39 is 5.91 Å². The third-order valence-corrected chi connectivity index (χ3v) is 7.32. The Kier molecular flexibility index (Phi) is 9.42. The molecule has 0 saturated heterocycles. The minimum absolute atomic E-state index is 0.154. The van der Waals surface area contributed by atoms with Crippen LogP contribution in [0.1, 0.15) is 66.4 Å². The Morgan fingerprint density at radius 1 is 1.17 bits per heavy atom. The maximum Gasteiger partial charge on any atom is 0.264 e. The van der Waals surface area contributed by atoms with Crippen molar-refractivity contribution >= 4 is 46.2 Å².